The minimum absolute atomic E-state index is 0.246. The number of phenolic OH excluding ortho intramolecular Hbond substituents is 1. The van der Waals surface area contributed by atoms with Gasteiger partial charge in [0.2, 0.25) is 0 Å². The monoisotopic (exact) mass is 308 g/mol. The van der Waals surface area contributed by atoms with Crippen LogP contribution in [0.4, 0.5) is 0 Å². The lowest BCUT2D eigenvalue weighted by molar-refractivity contribution is 0.0872. The molecule has 1 aromatic carbocycles. The van der Waals surface area contributed by atoms with Gasteiger partial charge in [0.05, 0.1) is 0 Å². The third kappa shape index (κ3) is 2.59. The van der Waals surface area contributed by atoms with Crippen LogP contribution in [0.1, 0.15) is 29.7 Å². The Bertz CT molecular complexity index is 759. The van der Waals surface area contributed by atoms with Gasteiger partial charge in [0.25, 0.3) is 0 Å². The lowest BCUT2D eigenvalue weighted by Crippen LogP contribution is -2.49. The van der Waals surface area contributed by atoms with Crippen molar-refractivity contribution in [1.29, 1.82) is 0 Å². The third-order valence-electron chi connectivity index (χ3n) is 4.57. The number of aryl methyl sites for hydroxylation is 1. The minimum Gasteiger partial charge on any atom is -0.508 e. The zero-order valence-corrected chi connectivity index (χ0v) is 13.2. The summed E-state index contributed by atoms with van der Waals surface area (Å²) < 4.78 is 6.32. The summed E-state index contributed by atoms with van der Waals surface area (Å²) in [5, 5.41) is 13.3. The topological polar surface area (TPSA) is 54.4 Å². The molecule has 0 bridgehead atoms. The number of piperidine rings is 1. The van der Waals surface area contributed by atoms with Crippen LogP contribution in [0.25, 0.3) is 5.57 Å². The first-order valence-electron chi connectivity index (χ1n) is 8.04. The van der Waals surface area contributed by atoms with Crippen LogP contribution in [0.3, 0.4) is 0 Å². The van der Waals surface area contributed by atoms with E-state index in [0.29, 0.717) is 0 Å². The van der Waals surface area contributed by atoms with Gasteiger partial charge < -0.3 is 15.2 Å². The summed E-state index contributed by atoms with van der Waals surface area (Å²) in [6.45, 7) is 3.81. The molecule has 2 N–H and O–H groups in total. The number of fused-ring (bicyclic) bond motifs is 1. The molecule has 1 aromatic heterocycles. The first-order valence-corrected chi connectivity index (χ1v) is 8.04. The van der Waals surface area contributed by atoms with Crippen LogP contribution >= 0.6 is 0 Å². The largest absolute Gasteiger partial charge is 0.508 e. The molecule has 1 unspecified atom stereocenters. The quantitative estimate of drug-likeness (QED) is 0.850. The number of pyridine rings is 1. The smallest absolute Gasteiger partial charge is 0.140 e. The van der Waals surface area contributed by atoms with E-state index in [9.17, 15) is 5.11 Å². The summed E-state index contributed by atoms with van der Waals surface area (Å²) in [6.07, 6.45) is 6.17. The standard InChI is InChI=1S/C19H20N2O2/c1-13-3-4-14(11-21-13)17-10-19(7-2-8-20-12-19)23-18-6-5-15(22)9-16(17)18/h3-6,9-11,20,22H,2,7-8,12H2,1H3. The highest BCUT2D eigenvalue weighted by molar-refractivity contribution is 5.85. The second-order valence-corrected chi connectivity index (χ2v) is 6.37. The van der Waals surface area contributed by atoms with Crippen molar-refractivity contribution in [1.82, 2.24) is 10.3 Å². The van der Waals surface area contributed by atoms with E-state index >= 15 is 0 Å². The van der Waals surface area contributed by atoms with Gasteiger partial charge in [0, 0.05) is 29.6 Å². The number of rotatable bonds is 1. The summed E-state index contributed by atoms with van der Waals surface area (Å²) in [5.74, 6) is 1.07. The van der Waals surface area contributed by atoms with Crippen molar-refractivity contribution >= 4 is 5.57 Å². The number of hydrogen-bond donors (Lipinski definition) is 2. The van der Waals surface area contributed by atoms with Crippen molar-refractivity contribution < 1.29 is 9.84 Å². The molecular formula is C19H20N2O2. The van der Waals surface area contributed by atoms with Gasteiger partial charge in [-0.1, -0.05) is 6.07 Å². The van der Waals surface area contributed by atoms with Gasteiger partial charge in [-0.15, -0.1) is 0 Å². The molecule has 0 aliphatic carbocycles. The Balaban J connectivity index is 1.87. The number of aromatic hydroxyl groups is 1. The number of nitrogens with zero attached hydrogens (tertiary/aromatic N) is 1. The Kier molecular flexibility index (Phi) is 3.34. The van der Waals surface area contributed by atoms with E-state index in [4.69, 9.17) is 4.74 Å². The lowest BCUT2D eigenvalue weighted by Gasteiger charge is -2.40. The normalized spacial score (nSPS) is 23.1. The van der Waals surface area contributed by atoms with E-state index in [-0.39, 0.29) is 11.4 Å². The van der Waals surface area contributed by atoms with Crippen LogP contribution in [0.2, 0.25) is 0 Å². The Hall–Kier alpha value is -2.33. The average Bonchev–Trinajstić information content (AvgIpc) is 2.56. The van der Waals surface area contributed by atoms with Crippen LogP contribution in [-0.4, -0.2) is 28.8 Å². The summed E-state index contributed by atoms with van der Waals surface area (Å²) in [5.41, 5.74) is 3.73. The number of aromatic nitrogens is 1. The van der Waals surface area contributed by atoms with Gasteiger partial charge in [-0.3, -0.25) is 4.98 Å². The molecule has 2 aromatic rings. The molecule has 1 fully saturated rings. The Morgan fingerprint density at radius 1 is 1.26 bits per heavy atom. The van der Waals surface area contributed by atoms with Crippen LogP contribution in [-0.2, 0) is 0 Å². The van der Waals surface area contributed by atoms with Crippen molar-refractivity contribution in [3.8, 4) is 11.5 Å². The maximum Gasteiger partial charge on any atom is 0.140 e. The number of nitrogens with one attached hydrogen (secondary N) is 1. The molecule has 4 rings (SSSR count). The van der Waals surface area contributed by atoms with E-state index in [1.165, 1.54) is 0 Å². The van der Waals surface area contributed by atoms with Gasteiger partial charge in [0.15, 0.2) is 0 Å². The Labute approximate surface area is 135 Å². The molecule has 2 aliphatic heterocycles. The number of hydrogen-bond acceptors (Lipinski definition) is 4. The SMILES string of the molecule is Cc1ccc(C2=CC3(CCCNC3)Oc3ccc(O)cc32)cn1. The van der Waals surface area contributed by atoms with Gasteiger partial charge in [0.1, 0.15) is 17.1 Å². The molecule has 23 heavy (non-hydrogen) atoms. The summed E-state index contributed by atoms with van der Waals surface area (Å²) in [4.78, 5) is 4.42. The molecule has 0 radical (unpaired) electrons. The van der Waals surface area contributed by atoms with Gasteiger partial charge in [-0.2, -0.15) is 0 Å². The van der Waals surface area contributed by atoms with E-state index in [1.807, 2.05) is 25.3 Å². The minimum atomic E-state index is -0.317. The molecule has 1 atom stereocenters. The predicted octanol–water partition coefficient (Wildman–Crippen LogP) is 3.04. The first kappa shape index (κ1) is 14.3. The molecule has 1 saturated heterocycles. The van der Waals surface area contributed by atoms with Crippen LogP contribution in [0.15, 0.2) is 42.6 Å². The van der Waals surface area contributed by atoms with Crippen molar-refractivity contribution in [3.63, 3.8) is 0 Å². The highest BCUT2D eigenvalue weighted by atomic mass is 16.5. The fourth-order valence-corrected chi connectivity index (χ4v) is 3.38. The number of ether oxygens (including phenoxy) is 1. The second kappa shape index (κ2) is 5.39. The Morgan fingerprint density at radius 3 is 2.91 bits per heavy atom. The molecule has 2 aliphatic rings. The van der Waals surface area contributed by atoms with Crippen LogP contribution < -0.4 is 10.1 Å². The lowest BCUT2D eigenvalue weighted by atomic mass is 9.84. The fraction of sp³-hybridized carbons (Fsp3) is 0.316. The van der Waals surface area contributed by atoms with Gasteiger partial charge >= 0.3 is 0 Å². The molecule has 4 nitrogen and oxygen atoms in total. The van der Waals surface area contributed by atoms with Crippen molar-refractivity contribution in [2.75, 3.05) is 13.1 Å². The van der Waals surface area contributed by atoms with Crippen LogP contribution in [0, 0.1) is 6.92 Å². The summed E-state index contributed by atoms with van der Waals surface area (Å²) >= 11 is 0. The van der Waals surface area contributed by atoms with Gasteiger partial charge in [-0.25, -0.2) is 0 Å². The predicted molar refractivity (Wildman–Crippen MR) is 89.6 cm³/mol. The maximum atomic E-state index is 9.89. The van der Waals surface area contributed by atoms with Crippen molar-refractivity contribution in [3.05, 3.63) is 59.4 Å². The molecule has 0 saturated carbocycles. The summed E-state index contributed by atoms with van der Waals surface area (Å²) in [6, 6.07) is 9.40. The molecule has 1 spiro atoms. The zero-order chi connectivity index (χ0) is 15.9. The molecule has 118 valence electrons. The first-order chi connectivity index (χ1) is 11.2. The fourth-order valence-electron chi connectivity index (χ4n) is 3.38. The highest BCUT2D eigenvalue weighted by Crippen LogP contribution is 2.42. The zero-order valence-electron chi connectivity index (χ0n) is 13.2. The molecule has 4 heteroatoms. The van der Waals surface area contributed by atoms with Crippen molar-refractivity contribution in [2.24, 2.45) is 0 Å². The highest BCUT2D eigenvalue weighted by Gasteiger charge is 2.37. The Morgan fingerprint density at radius 2 is 2.17 bits per heavy atom. The van der Waals surface area contributed by atoms with Crippen LogP contribution in [0.5, 0.6) is 11.5 Å². The van der Waals surface area contributed by atoms with Gasteiger partial charge in [-0.05, 0) is 62.2 Å². The van der Waals surface area contributed by atoms with E-state index < -0.39 is 0 Å². The summed E-state index contributed by atoms with van der Waals surface area (Å²) in [7, 11) is 0. The van der Waals surface area contributed by atoms with E-state index in [1.54, 1.807) is 12.1 Å². The van der Waals surface area contributed by atoms with E-state index in [2.05, 4.69) is 22.4 Å². The van der Waals surface area contributed by atoms with E-state index in [0.717, 1.165) is 54.1 Å². The molecule has 0 amide bonds. The average molecular weight is 308 g/mol. The second-order valence-electron chi connectivity index (χ2n) is 6.37. The number of phenols is 1. The molecular weight excluding hydrogens is 288 g/mol. The van der Waals surface area contributed by atoms with Crippen molar-refractivity contribution in [2.45, 2.75) is 25.4 Å². The maximum absolute atomic E-state index is 9.89. The number of benzene rings is 1. The third-order valence-corrected chi connectivity index (χ3v) is 4.57. The molecule has 3 heterocycles.